The van der Waals surface area contributed by atoms with E-state index in [1.54, 1.807) is 16.9 Å². The number of anilines is 1. The highest BCUT2D eigenvalue weighted by Gasteiger charge is 2.28. The van der Waals surface area contributed by atoms with Crippen LogP contribution in [-0.4, -0.2) is 61.8 Å². The average molecular weight is 408 g/mol. The smallest absolute Gasteiger partial charge is 0.260 e. The molecular weight excluding hydrogens is 384 g/mol. The van der Waals surface area contributed by atoms with E-state index in [0.29, 0.717) is 31.3 Å². The third-order valence-corrected chi connectivity index (χ3v) is 6.31. The van der Waals surface area contributed by atoms with Crippen molar-refractivity contribution in [3.05, 3.63) is 36.0 Å². The molecule has 0 spiro atoms. The van der Waals surface area contributed by atoms with Crippen molar-refractivity contribution in [2.75, 3.05) is 38.7 Å². The van der Waals surface area contributed by atoms with Gasteiger partial charge in [-0.2, -0.15) is 9.40 Å². The zero-order valence-electron chi connectivity index (χ0n) is 15.9. The second kappa shape index (κ2) is 8.72. The van der Waals surface area contributed by atoms with Gasteiger partial charge in [0.05, 0.1) is 37.0 Å². The van der Waals surface area contributed by atoms with Gasteiger partial charge in [-0.3, -0.25) is 4.79 Å². The SMILES string of the molecule is CCCn1nccc1NC(=O)c1cc(S(=O)(=O)N2CCOCC2)ccc1OC. The fraction of sp³-hybridized carbons (Fsp3) is 0.444. The van der Waals surface area contributed by atoms with Gasteiger partial charge in [-0.25, -0.2) is 13.1 Å². The maximum atomic E-state index is 12.9. The van der Waals surface area contributed by atoms with Crippen LogP contribution in [-0.2, 0) is 21.3 Å². The molecule has 0 unspecified atom stereocenters. The van der Waals surface area contributed by atoms with E-state index < -0.39 is 15.9 Å². The van der Waals surface area contributed by atoms with Gasteiger partial charge in [0, 0.05) is 25.7 Å². The maximum Gasteiger partial charge on any atom is 0.260 e. The number of carbonyl (C=O) groups excluding carboxylic acids is 1. The predicted molar refractivity (Wildman–Crippen MR) is 103 cm³/mol. The Hall–Kier alpha value is -2.43. The number of ether oxygens (including phenoxy) is 2. The molecule has 1 aromatic carbocycles. The van der Waals surface area contributed by atoms with Crippen molar-refractivity contribution in [1.82, 2.24) is 14.1 Å². The lowest BCUT2D eigenvalue weighted by molar-refractivity contribution is 0.0730. The third kappa shape index (κ3) is 4.18. The van der Waals surface area contributed by atoms with Crippen LogP contribution in [0.1, 0.15) is 23.7 Å². The highest BCUT2D eigenvalue weighted by atomic mass is 32.2. The predicted octanol–water partition coefficient (Wildman–Crippen LogP) is 1.57. The molecule has 0 atom stereocenters. The van der Waals surface area contributed by atoms with E-state index in [1.807, 2.05) is 6.92 Å². The maximum absolute atomic E-state index is 12.9. The van der Waals surface area contributed by atoms with Crippen molar-refractivity contribution in [3.63, 3.8) is 0 Å². The van der Waals surface area contributed by atoms with E-state index in [-0.39, 0.29) is 23.5 Å². The normalized spacial score (nSPS) is 15.4. The molecule has 1 aliphatic rings. The average Bonchev–Trinajstić information content (AvgIpc) is 3.15. The number of rotatable bonds is 7. The van der Waals surface area contributed by atoms with Gasteiger partial charge in [-0.05, 0) is 24.6 Å². The number of benzene rings is 1. The lowest BCUT2D eigenvalue weighted by Crippen LogP contribution is -2.40. The van der Waals surface area contributed by atoms with Crippen LogP contribution in [0.4, 0.5) is 5.82 Å². The highest BCUT2D eigenvalue weighted by molar-refractivity contribution is 7.89. The monoisotopic (exact) mass is 408 g/mol. The molecule has 10 heteroatoms. The van der Waals surface area contributed by atoms with Crippen LogP contribution in [0.3, 0.4) is 0 Å². The van der Waals surface area contributed by atoms with E-state index in [2.05, 4.69) is 10.4 Å². The standard InChI is InChI=1S/C18H24N4O5S/c1-3-8-22-17(6-7-19-22)20-18(23)15-13-14(4-5-16(15)26-2)28(24,25)21-9-11-27-12-10-21/h4-7,13H,3,8-12H2,1-2H3,(H,20,23). The number of amides is 1. The number of morpholine rings is 1. The van der Waals surface area contributed by atoms with Crippen LogP contribution in [0.25, 0.3) is 0 Å². The molecule has 0 saturated carbocycles. The van der Waals surface area contributed by atoms with Crippen LogP contribution in [0.15, 0.2) is 35.4 Å². The van der Waals surface area contributed by atoms with Crippen LogP contribution >= 0.6 is 0 Å². The Morgan fingerprint density at radius 1 is 1.29 bits per heavy atom. The van der Waals surface area contributed by atoms with Gasteiger partial charge in [0.15, 0.2) is 0 Å². The summed E-state index contributed by atoms with van der Waals surface area (Å²) in [5, 5.41) is 6.95. The summed E-state index contributed by atoms with van der Waals surface area (Å²) < 4.78 is 39.3. The largest absolute Gasteiger partial charge is 0.496 e. The molecule has 1 aromatic heterocycles. The molecule has 1 N–H and O–H groups in total. The topological polar surface area (TPSA) is 103 Å². The van der Waals surface area contributed by atoms with Gasteiger partial charge in [-0.1, -0.05) is 6.92 Å². The second-order valence-electron chi connectivity index (χ2n) is 6.27. The van der Waals surface area contributed by atoms with Gasteiger partial charge in [0.25, 0.3) is 5.91 Å². The number of nitrogens with zero attached hydrogens (tertiary/aromatic N) is 3. The Labute approximate surface area is 164 Å². The molecule has 152 valence electrons. The molecule has 0 bridgehead atoms. The minimum absolute atomic E-state index is 0.0439. The van der Waals surface area contributed by atoms with Gasteiger partial charge in [-0.15, -0.1) is 0 Å². The van der Waals surface area contributed by atoms with Crippen molar-refractivity contribution in [2.45, 2.75) is 24.8 Å². The molecule has 2 aromatic rings. The van der Waals surface area contributed by atoms with E-state index in [0.717, 1.165) is 6.42 Å². The van der Waals surface area contributed by atoms with Crippen molar-refractivity contribution in [2.24, 2.45) is 0 Å². The second-order valence-corrected chi connectivity index (χ2v) is 8.21. The molecular formula is C18H24N4O5S. The first kappa shape index (κ1) is 20.3. The summed E-state index contributed by atoms with van der Waals surface area (Å²) in [5.74, 6) is 0.365. The lowest BCUT2D eigenvalue weighted by atomic mass is 10.2. The number of hydrogen-bond donors (Lipinski definition) is 1. The summed E-state index contributed by atoms with van der Waals surface area (Å²) in [6.07, 6.45) is 2.46. The number of methoxy groups -OCH3 is 1. The molecule has 9 nitrogen and oxygen atoms in total. The fourth-order valence-electron chi connectivity index (χ4n) is 2.97. The number of aromatic nitrogens is 2. The fourth-order valence-corrected chi connectivity index (χ4v) is 4.41. The summed E-state index contributed by atoms with van der Waals surface area (Å²) in [6.45, 7) is 3.94. The van der Waals surface area contributed by atoms with Gasteiger partial charge < -0.3 is 14.8 Å². The summed E-state index contributed by atoms with van der Waals surface area (Å²) >= 11 is 0. The summed E-state index contributed by atoms with van der Waals surface area (Å²) in [5.41, 5.74) is 0.140. The first-order chi connectivity index (χ1) is 13.5. The van der Waals surface area contributed by atoms with Crippen molar-refractivity contribution in [3.8, 4) is 5.75 Å². The summed E-state index contributed by atoms with van der Waals surface area (Å²) in [4.78, 5) is 12.9. The number of carbonyl (C=O) groups is 1. The number of hydrogen-bond acceptors (Lipinski definition) is 6. The number of aryl methyl sites for hydroxylation is 1. The lowest BCUT2D eigenvalue weighted by Gasteiger charge is -2.26. The van der Waals surface area contributed by atoms with Gasteiger partial charge >= 0.3 is 0 Å². The number of sulfonamides is 1. The quantitative estimate of drug-likeness (QED) is 0.746. The first-order valence-corrected chi connectivity index (χ1v) is 10.5. The van der Waals surface area contributed by atoms with Crippen LogP contribution in [0.5, 0.6) is 5.75 Å². The Morgan fingerprint density at radius 3 is 2.71 bits per heavy atom. The zero-order chi connectivity index (χ0) is 20.1. The van der Waals surface area contributed by atoms with E-state index >= 15 is 0 Å². The zero-order valence-corrected chi connectivity index (χ0v) is 16.7. The van der Waals surface area contributed by atoms with Crippen LogP contribution in [0.2, 0.25) is 0 Å². The molecule has 0 radical (unpaired) electrons. The Balaban J connectivity index is 1.90. The molecule has 28 heavy (non-hydrogen) atoms. The third-order valence-electron chi connectivity index (χ3n) is 4.42. The molecule has 1 saturated heterocycles. The van der Waals surface area contributed by atoms with E-state index in [4.69, 9.17) is 9.47 Å². The minimum atomic E-state index is -3.72. The van der Waals surface area contributed by atoms with E-state index in [1.165, 1.54) is 29.6 Å². The van der Waals surface area contributed by atoms with Crippen LogP contribution < -0.4 is 10.1 Å². The summed E-state index contributed by atoms with van der Waals surface area (Å²) in [6, 6.07) is 5.97. The first-order valence-electron chi connectivity index (χ1n) is 9.06. The van der Waals surface area contributed by atoms with Crippen LogP contribution in [0, 0.1) is 0 Å². The Morgan fingerprint density at radius 2 is 2.04 bits per heavy atom. The van der Waals surface area contributed by atoms with Crippen molar-refractivity contribution < 1.29 is 22.7 Å². The van der Waals surface area contributed by atoms with E-state index in [9.17, 15) is 13.2 Å². The summed E-state index contributed by atoms with van der Waals surface area (Å²) in [7, 11) is -2.29. The Kier molecular flexibility index (Phi) is 6.32. The molecule has 0 aliphatic carbocycles. The molecule has 1 amide bonds. The molecule has 3 rings (SSSR count). The van der Waals surface area contributed by atoms with Crippen molar-refractivity contribution >= 4 is 21.7 Å². The van der Waals surface area contributed by atoms with Gasteiger partial charge in [0.2, 0.25) is 10.0 Å². The molecule has 1 aliphatic heterocycles. The minimum Gasteiger partial charge on any atom is -0.496 e. The Bertz CT molecular complexity index is 935. The van der Waals surface area contributed by atoms with Crippen molar-refractivity contribution in [1.29, 1.82) is 0 Å². The van der Waals surface area contributed by atoms with Gasteiger partial charge in [0.1, 0.15) is 11.6 Å². The molecule has 2 heterocycles. The molecule has 1 fully saturated rings. The highest BCUT2D eigenvalue weighted by Crippen LogP contribution is 2.26. The number of nitrogens with one attached hydrogen (secondary N) is 1.